The highest BCUT2D eigenvalue weighted by Gasteiger charge is 2.11. The number of non-ortho nitro benzene ring substituents is 1. The second-order valence-corrected chi connectivity index (χ2v) is 5.52. The van der Waals surface area contributed by atoms with Crippen LogP contribution in [-0.2, 0) is 6.54 Å². The van der Waals surface area contributed by atoms with Crippen molar-refractivity contribution in [1.29, 1.82) is 0 Å². The number of benzene rings is 1. The van der Waals surface area contributed by atoms with Crippen LogP contribution < -0.4 is 5.32 Å². The molecule has 0 atom stereocenters. The van der Waals surface area contributed by atoms with E-state index in [0.717, 1.165) is 18.7 Å². The third kappa shape index (κ3) is 4.44. The molecule has 0 amide bonds. The molecule has 2 rings (SSSR count). The Morgan fingerprint density at radius 3 is 2.75 bits per heavy atom. The van der Waals surface area contributed by atoms with Crippen LogP contribution in [0.5, 0.6) is 0 Å². The van der Waals surface area contributed by atoms with Crippen molar-refractivity contribution >= 4 is 17.3 Å². The number of piperidine rings is 1. The van der Waals surface area contributed by atoms with E-state index in [1.54, 1.807) is 6.07 Å². The fraction of sp³-hybridized carbons (Fsp3) is 0.571. The minimum absolute atomic E-state index is 0.0854. The molecular formula is C14H20ClN3O2. The van der Waals surface area contributed by atoms with Gasteiger partial charge in [-0.3, -0.25) is 10.1 Å². The van der Waals surface area contributed by atoms with Crippen LogP contribution >= 0.6 is 11.6 Å². The van der Waals surface area contributed by atoms with Gasteiger partial charge in [-0.15, -0.1) is 0 Å². The maximum atomic E-state index is 10.7. The molecule has 6 heteroatoms. The van der Waals surface area contributed by atoms with Crippen molar-refractivity contribution in [3.05, 3.63) is 38.9 Å². The standard InChI is InChI=1S/C14H20ClN3O2/c15-14-5-4-13(18(19)20)10-12(14)11-16-6-9-17-7-2-1-3-8-17/h4-5,10,16H,1-3,6-9,11H2. The van der Waals surface area contributed by atoms with Crippen molar-refractivity contribution in [3.63, 3.8) is 0 Å². The fourth-order valence-corrected chi connectivity index (χ4v) is 2.64. The first-order valence-corrected chi connectivity index (χ1v) is 7.40. The summed E-state index contributed by atoms with van der Waals surface area (Å²) < 4.78 is 0. The lowest BCUT2D eigenvalue weighted by atomic mass is 10.1. The molecule has 5 nitrogen and oxygen atoms in total. The van der Waals surface area contributed by atoms with Crippen molar-refractivity contribution in [3.8, 4) is 0 Å². The highest BCUT2D eigenvalue weighted by atomic mass is 35.5. The van der Waals surface area contributed by atoms with Crippen LogP contribution in [0.2, 0.25) is 5.02 Å². The second-order valence-electron chi connectivity index (χ2n) is 5.11. The Bertz CT molecular complexity index is 462. The van der Waals surface area contributed by atoms with Crippen LogP contribution in [0.4, 0.5) is 5.69 Å². The maximum Gasteiger partial charge on any atom is 0.269 e. The maximum absolute atomic E-state index is 10.7. The first-order chi connectivity index (χ1) is 9.66. The quantitative estimate of drug-likeness (QED) is 0.498. The van der Waals surface area contributed by atoms with Gasteiger partial charge in [0.05, 0.1) is 4.92 Å². The fourth-order valence-electron chi connectivity index (χ4n) is 2.45. The highest BCUT2D eigenvalue weighted by Crippen LogP contribution is 2.21. The number of nitrogens with zero attached hydrogens (tertiary/aromatic N) is 2. The summed E-state index contributed by atoms with van der Waals surface area (Å²) in [5.41, 5.74) is 0.863. The molecule has 1 aromatic carbocycles. The molecule has 0 radical (unpaired) electrons. The predicted molar refractivity (Wildman–Crippen MR) is 80.1 cm³/mol. The summed E-state index contributed by atoms with van der Waals surface area (Å²) in [5, 5.41) is 14.6. The van der Waals surface area contributed by atoms with E-state index in [1.165, 1.54) is 44.5 Å². The Hall–Kier alpha value is -1.17. The Morgan fingerprint density at radius 2 is 2.05 bits per heavy atom. The molecule has 1 heterocycles. The number of hydrogen-bond acceptors (Lipinski definition) is 4. The Labute approximate surface area is 124 Å². The molecule has 1 saturated heterocycles. The average molecular weight is 298 g/mol. The monoisotopic (exact) mass is 297 g/mol. The molecule has 0 saturated carbocycles. The van der Waals surface area contributed by atoms with Crippen LogP contribution in [0.3, 0.4) is 0 Å². The van der Waals surface area contributed by atoms with Gasteiger partial charge in [-0.1, -0.05) is 18.0 Å². The molecule has 0 bridgehead atoms. The van der Waals surface area contributed by atoms with Crippen LogP contribution in [-0.4, -0.2) is 36.0 Å². The van der Waals surface area contributed by atoms with Crippen molar-refractivity contribution in [2.45, 2.75) is 25.8 Å². The molecule has 1 aromatic rings. The number of likely N-dealkylation sites (tertiary alicyclic amines) is 1. The predicted octanol–water partition coefficient (Wildman–Crippen LogP) is 2.82. The number of nitro groups is 1. The largest absolute Gasteiger partial charge is 0.311 e. The summed E-state index contributed by atoms with van der Waals surface area (Å²) in [5.74, 6) is 0. The lowest BCUT2D eigenvalue weighted by Gasteiger charge is -2.26. The SMILES string of the molecule is O=[N+]([O-])c1ccc(Cl)c(CNCCN2CCCCC2)c1. The molecule has 110 valence electrons. The van der Waals surface area contributed by atoms with Crippen molar-refractivity contribution in [2.75, 3.05) is 26.2 Å². The van der Waals surface area contributed by atoms with E-state index < -0.39 is 4.92 Å². The molecule has 20 heavy (non-hydrogen) atoms. The van der Waals surface area contributed by atoms with Gasteiger partial charge in [-0.25, -0.2) is 0 Å². The Morgan fingerprint density at radius 1 is 1.30 bits per heavy atom. The van der Waals surface area contributed by atoms with E-state index in [4.69, 9.17) is 11.6 Å². The lowest BCUT2D eigenvalue weighted by Crippen LogP contribution is -2.35. The number of nitro benzene ring substituents is 1. The minimum atomic E-state index is -0.395. The van der Waals surface area contributed by atoms with Gasteiger partial charge in [0.1, 0.15) is 0 Å². The summed E-state index contributed by atoms with van der Waals surface area (Å²) in [6.45, 7) is 4.82. The molecule has 1 aliphatic rings. The van der Waals surface area contributed by atoms with E-state index in [2.05, 4.69) is 10.2 Å². The third-order valence-corrected chi connectivity index (χ3v) is 3.98. The summed E-state index contributed by atoms with van der Waals surface area (Å²) in [6.07, 6.45) is 3.92. The number of rotatable bonds is 6. The Balaban J connectivity index is 1.78. The van der Waals surface area contributed by atoms with Gasteiger partial charge >= 0.3 is 0 Å². The molecular weight excluding hydrogens is 278 g/mol. The highest BCUT2D eigenvalue weighted by molar-refractivity contribution is 6.31. The molecule has 0 spiro atoms. The zero-order valence-corrected chi connectivity index (χ0v) is 12.2. The van der Waals surface area contributed by atoms with Gasteiger partial charge in [-0.05, 0) is 37.6 Å². The van der Waals surface area contributed by atoms with Gasteiger partial charge in [0.15, 0.2) is 0 Å². The Kier molecular flexibility index (Phi) is 5.76. The molecule has 0 unspecified atom stereocenters. The van der Waals surface area contributed by atoms with Gasteiger partial charge in [0.25, 0.3) is 5.69 Å². The van der Waals surface area contributed by atoms with Gasteiger partial charge < -0.3 is 10.2 Å². The lowest BCUT2D eigenvalue weighted by molar-refractivity contribution is -0.384. The molecule has 0 aliphatic carbocycles. The number of nitrogens with one attached hydrogen (secondary N) is 1. The number of halogens is 1. The normalized spacial score (nSPS) is 16.2. The third-order valence-electron chi connectivity index (χ3n) is 3.61. The first-order valence-electron chi connectivity index (χ1n) is 7.03. The van der Waals surface area contributed by atoms with Crippen LogP contribution in [0.1, 0.15) is 24.8 Å². The van der Waals surface area contributed by atoms with Crippen LogP contribution in [0.25, 0.3) is 0 Å². The minimum Gasteiger partial charge on any atom is -0.311 e. The zero-order valence-electron chi connectivity index (χ0n) is 11.5. The van der Waals surface area contributed by atoms with Gasteiger partial charge in [0.2, 0.25) is 0 Å². The van der Waals surface area contributed by atoms with Gasteiger partial charge in [-0.2, -0.15) is 0 Å². The van der Waals surface area contributed by atoms with E-state index in [-0.39, 0.29) is 5.69 Å². The van der Waals surface area contributed by atoms with Crippen molar-refractivity contribution < 1.29 is 4.92 Å². The first kappa shape index (κ1) is 15.2. The summed E-state index contributed by atoms with van der Waals surface area (Å²) in [7, 11) is 0. The van der Waals surface area contributed by atoms with Gasteiger partial charge in [0, 0.05) is 36.8 Å². The summed E-state index contributed by atoms with van der Waals surface area (Å²) >= 11 is 6.06. The summed E-state index contributed by atoms with van der Waals surface area (Å²) in [6, 6.07) is 4.55. The second kappa shape index (κ2) is 7.57. The molecule has 0 aromatic heterocycles. The molecule has 1 aliphatic heterocycles. The summed E-state index contributed by atoms with van der Waals surface area (Å²) in [4.78, 5) is 12.8. The molecule has 1 N–H and O–H groups in total. The zero-order chi connectivity index (χ0) is 14.4. The van der Waals surface area contributed by atoms with E-state index in [0.29, 0.717) is 11.6 Å². The van der Waals surface area contributed by atoms with E-state index in [1.807, 2.05) is 0 Å². The smallest absolute Gasteiger partial charge is 0.269 e. The topological polar surface area (TPSA) is 58.4 Å². The average Bonchev–Trinajstić information content (AvgIpc) is 2.46. The van der Waals surface area contributed by atoms with E-state index >= 15 is 0 Å². The number of hydrogen-bond donors (Lipinski definition) is 1. The van der Waals surface area contributed by atoms with Crippen LogP contribution in [0.15, 0.2) is 18.2 Å². The van der Waals surface area contributed by atoms with Crippen LogP contribution in [0, 0.1) is 10.1 Å². The van der Waals surface area contributed by atoms with Crippen molar-refractivity contribution in [1.82, 2.24) is 10.2 Å². The molecule has 1 fully saturated rings. The van der Waals surface area contributed by atoms with E-state index in [9.17, 15) is 10.1 Å². The van der Waals surface area contributed by atoms with Crippen molar-refractivity contribution in [2.24, 2.45) is 0 Å².